The summed E-state index contributed by atoms with van der Waals surface area (Å²) in [4.78, 5) is 100. The number of esters is 1. The highest BCUT2D eigenvalue weighted by Crippen LogP contribution is 2.33. The van der Waals surface area contributed by atoms with Gasteiger partial charge >= 0.3 is 23.3 Å². The van der Waals surface area contributed by atoms with Gasteiger partial charge in [0.25, 0.3) is 16.8 Å². The summed E-state index contributed by atoms with van der Waals surface area (Å²) >= 11 is 3.02. The summed E-state index contributed by atoms with van der Waals surface area (Å²) in [5.41, 5.74) is 1.97. The van der Waals surface area contributed by atoms with E-state index in [2.05, 4.69) is 64.9 Å². The number of carboxylic acid groups (broad SMARTS) is 1. The Morgan fingerprint density at radius 1 is 0.616 bits per heavy atom. The van der Waals surface area contributed by atoms with Crippen LogP contribution in [0.4, 0.5) is 0 Å². The molecule has 0 amide bonds. The first-order valence-electron chi connectivity index (χ1n) is 20.6. The van der Waals surface area contributed by atoms with E-state index in [9.17, 15) is 28.8 Å². The van der Waals surface area contributed by atoms with Crippen molar-refractivity contribution in [1.29, 1.82) is 0 Å². The van der Waals surface area contributed by atoms with E-state index >= 15 is 0 Å². The Kier molecular flexibility index (Phi) is 19.6. The highest BCUT2D eigenvalue weighted by molar-refractivity contribution is 7.54. The van der Waals surface area contributed by atoms with E-state index in [-0.39, 0.29) is 17.5 Å². The minimum absolute atomic E-state index is 0.000151. The molecule has 0 atom stereocenters. The van der Waals surface area contributed by atoms with Crippen molar-refractivity contribution in [3.63, 3.8) is 0 Å². The predicted octanol–water partition coefficient (Wildman–Crippen LogP) is 5.42. The van der Waals surface area contributed by atoms with Crippen molar-refractivity contribution in [3.05, 3.63) is 90.8 Å². The van der Waals surface area contributed by atoms with E-state index in [0.717, 1.165) is 23.8 Å². The number of carbonyl (C=O) groups is 6. The second-order valence-electron chi connectivity index (χ2n) is 14.1. The number of halogens is 4. The number of ether oxygens (including phenoxy) is 4. The zero-order chi connectivity index (χ0) is 53.7. The molecule has 0 saturated carbocycles. The van der Waals surface area contributed by atoms with Crippen LogP contribution in [0.1, 0.15) is 51.5 Å². The summed E-state index contributed by atoms with van der Waals surface area (Å²) in [5, 5.41) is 22.4. The van der Waals surface area contributed by atoms with Gasteiger partial charge in [-0.1, -0.05) is 6.92 Å². The molecule has 26 nitrogen and oxygen atoms in total. The average molecular weight is 1100 g/mol. The lowest BCUT2D eigenvalue weighted by atomic mass is 10.1. The Balaban J connectivity index is 0.000000185. The second-order valence-corrected chi connectivity index (χ2v) is 20.9. The highest BCUT2D eigenvalue weighted by Gasteiger charge is 2.26. The molecule has 0 spiro atoms. The van der Waals surface area contributed by atoms with Crippen LogP contribution >= 0.6 is 41.7 Å². The zero-order valence-electron chi connectivity index (χ0n) is 39.5. The Labute approximate surface area is 433 Å². The number of fused-ring (bicyclic) bond motifs is 3. The number of methoxy groups -OCH3 is 4. The molecule has 73 heavy (non-hydrogen) atoms. The van der Waals surface area contributed by atoms with Gasteiger partial charge in [-0.25, -0.2) is 83.7 Å². The largest absolute Gasteiger partial charge is 0.643 e. The number of aromatic amines is 3. The van der Waals surface area contributed by atoms with Crippen LogP contribution in [0.15, 0.2) is 62.2 Å². The number of aryl methyl sites for hydroxylation is 3. The predicted molar refractivity (Wildman–Crippen MR) is 265 cm³/mol. The Morgan fingerprint density at radius 3 is 1.34 bits per heavy atom. The molecule has 31 heteroatoms. The molecule has 9 heterocycles. The Hall–Kier alpha value is -7.80. The Morgan fingerprint density at radius 2 is 1.01 bits per heavy atom. The molecule has 0 aliphatic heterocycles. The van der Waals surface area contributed by atoms with Crippen LogP contribution in [0.25, 0.3) is 50.2 Å². The smallest absolute Gasteiger partial charge is 0.494 e. The third kappa shape index (κ3) is 13.4. The third-order valence-electron chi connectivity index (χ3n) is 9.57. The van der Waals surface area contributed by atoms with Gasteiger partial charge in [0.1, 0.15) is 53.7 Å². The summed E-state index contributed by atoms with van der Waals surface area (Å²) in [6, 6.07) is 1.95. The maximum absolute atomic E-state index is 12.2. The zero-order valence-corrected chi connectivity index (χ0v) is 43.6. The minimum atomic E-state index is -1.72. The number of pyridine rings is 3. The molecule has 4 N–H and O–H groups in total. The lowest BCUT2D eigenvalue weighted by molar-refractivity contribution is -0.135. The summed E-state index contributed by atoms with van der Waals surface area (Å²) in [7, 11) is 20.5. The summed E-state index contributed by atoms with van der Waals surface area (Å²) in [5.74, 6) is -0.0625. The summed E-state index contributed by atoms with van der Waals surface area (Å²) in [6.45, 7) is 6.90. The first kappa shape index (κ1) is 56.1. The first-order chi connectivity index (χ1) is 34.8. The van der Waals surface area contributed by atoms with Gasteiger partial charge in [0, 0.05) is 30.4 Å². The van der Waals surface area contributed by atoms with E-state index < -0.39 is 45.9 Å². The fourth-order valence-corrected chi connectivity index (χ4v) is 6.51. The van der Waals surface area contributed by atoms with E-state index in [1.54, 1.807) is 45.1 Å². The number of nitrogens with zero attached hydrogens (tertiary/aromatic N) is 12. The van der Waals surface area contributed by atoms with Gasteiger partial charge in [-0.2, -0.15) is 15.3 Å². The topological polar surface area (TPSA) is 338 Å². The lowest BCUT2D eigenvalue weighted by Crippen LogP contribution is -2.15. The number of hydrogen-bond donors (Lipinski definition) is 4. The number of H-pyrrole nitrogens is 3. The molecule has 0 radical (unpaired) electrons. The van der Waals surface area contributed by atoms with Crippen molar-refractivity contribution in [3.8, 4) is 34.7 Å². The molecule has 9 aromatic rings. The number of aliphatic carboxylic acids is 1. The van der Waals surface area contributed by atoms with Gasteiger partial charge in [0.15, 0.2) is 17.5 Å². The van der Waals surface area contributed by atoms with Crippen LogP contribution in [-0.2, 0) is 23.9 Å². The van der Waals surface area contributed by atoms with Crippen LogP contribution < -0.4 is 14.2 Å². The molecular formula is C42H40AlCl4N15O11. The molecule has 380 valence electrons. The number of carboxylic acids is 1. The van der Waals surface area contributed by atoms with Crippen molar-refractivity contribution in [1.82, 2.24) is 74.2 Å². The standard InChI is InChI=1S/C14H13N5O4.C13H11N5O4.C11H11N5O.C4H5ClO2.Al.3ClH/c1-7-17-6-19(18-7)13-11-10(9(22-2)5-16-13)8(4-15-11)12(20)14(21)23-3;1-6-16-5-18(17-6)12-10-9(8(22-2)4-15-12)7(3-14-10)11(19)13(20)21;1-7-14-6-16(15-7)11-10-8(3-4-12-10)9(17-2)5-13-11;1-2-3(6)4(5)7;;;;/h4-6,15H,1-3H3;3-5,14H,1-2H3,(H,20,21);3-6,12H,1-2H3;2H2,1H3;;3*1H/q;;;;+3;;;/p-3. The molecule has 0 aliphatic rings. The number of Topliss-reactive ketones (excluding diaryl/α,β-unsaturated/α-hetero) is 3. The molecule has 0 fully saturated rings. The minimum Gasteiger partial charge on any atom is -0.494 e. The molecule has 0 saturated heterocycles. The van der Waals surface area contributed by atoms with Crippen molar-refractivity contribution in [2.24, 2.45) is 0 Å². The number of ketones is 3. The van der Waals surface area contributed by atoms with Gasteiger partial charge in [0.2, 0.25) is 5.78 Å². The first-order valence-corrected chi connectivity index (χ1v) is 26.2. The van der Waals surface area contributed by atoms with Crippen LogP contribution in [0, 0.1) is 20.8 Å². The van der Waals surface area contributed by atoms with Crippen molar-refractivity contribution >= 4 is 120 Å². The van der Waals surface area contributed by atoms with Gasteiger partial charge in [-0.05, 0) is 38.4 Å². The maximum Gasteiger partial charge on any atom is 0.643 e. The average Bonchev–Trinajstić information content (AvgIpc) is 4.26. The number of hydrogen-bond acceptors (Lipinski definition) is 19. The molecule has 0 aromatic carbocycles. The van der Waals surface area contributed by atoms with E-state index in [0.29, 0.717) is 68.2 Å². The normalized spacial score (nSPS) is 10.4. The van der Waals surface area contributed by atoms with Gasteiger partial charge < -0.3 is 39.0 Å². The lowest BCUT2D eigenvalue weighted by Gasteiger charge is -2.07. The van der Waals surface area contributed by atoms with E-state index in [1.165, 1.54) is 61.0 Å². The number of rotatable bonds is 12. The Bertz CT molecular complexity index is 3450. The number of aromatic nitrogens is 15. The summed E-state index contributed by atoms with van der Waals surface area (Å²) < 4.78 is 24.7. The van der Waals surface area contributed by atoms with Crippen LogP contribution in [0.3, 0.4) is 0 Å². The molecule has 0 bridgehead atoms. The molecule has 0 unspecified atom stereocenters. The van der Waals surface area contributed by atoms with Crippen molar-refractivity contribution in [2.75, 3.05) is 28.4 Å². The van der Waals surface area contributed by atoms with Gasteiger partial charge in [-0.15, -0.1) is 0 Å². The van der Waals surface area contributed by atoms with Gasteiger partial charge in [0.05, 0.1) is 85.5 Å². The van der Waals surface area contributed by atoms with E-state index in [1.807, 2.05) is 19.2 Å². The summed E-state index contributed by atoms with van der Waals surface area (Å²) in [6.07, 6.45) is 13.9. The number of nitrogens with one attached hydrogen (secondary N) is 3. The van der Waals surface area contributed by atoms with Crippen molar-refractivity contribution in [2.45, 2.75) is 34.1 Å². The van der Waals surface area contributed by atoms with Crippen molar-refractivity contribution < 1.29 is 52.8 Å². The van der Waals surface area contributed by atoms with Gasteiger partial charge in [-0.3, -0.25) is 19.2 Å². The quantitative estimate of drug-likeness (QED) is 0.0390. The second kappa shape index (κ2) is 25.5. The third-order valence-corrected chi connectivity index (χ3v) is 9.78. The maximum atomic E-state index is 12.2. The fraction of sp³-hybridized carbons (Fsp3) is 0.214. The number of carbonyl (C=O) groups excluding carboxylic acids is 5. The van der Waals surface area contributed by atoms with Crippen LogP contribution in [0.5, 0.6) is 17.2 Å². The highest BCUT2D eigenvalue weighted by atomic mass is 35.8. The van der Waals surface area contributed by atoms with E-state index in [4.69, 9.17) is 61.1 Å². The molecule has 0 aliphatic carbocycles. The fourth-order valence-electron chi connectivity index (χ4n) is 6.37. The molecule has 9 rings (SSSR count). The SMILES string of the molecule is CCC(=O)C(=O)Cl.COC(=O)C(=O)c1c[nH]c2c(-n3cnc(C)n3)ncc(OC)c12.COc1cnc(-n2cnc(C)n2)c2[nH]cc(C(=O)C(=O)O)c12.COc1cnc(-n2cnc(C)n2)c2[nH]ccc12.[Cl][Al]([Cl])[Cl]. The van der Waals surface area contributed by atoms with Crippen LogP contribution in [-0.4, -0.2) is 154 Å². The monoisotopic (exact) mass is 1100 g/mol. The molecular weight excluding hydrogens is 1060 g/mol. The molecule has 9 aromatic heterocycles. The van der Waals surface area contributed by atoms with Crippen LogP contribution in [0.2, 0.25) is 0 Å².